The first kappa shape index (κ1) is 20.4. The van der Waals surface area contributed by atoms with Crippen molar-refractivity contribution in [2.75, 3.05) is 13.1 Å². The molecule has 2 aromatic heterocycles. The van der Waals surface area contributed by atoms with E-state index in [4.69, 9.17) is 0 Å². The number of nitrogens with zero attached hydrogens (tertiary/aromatic N) is 4. The average Bonchev–Trinajstić information content (AvgIpc) is 3.48. The minimum Gasteiger partial charge on any atom is -0.299 e. The molecule has 4 nitrogen and oxygen atoms in total. The van der Waals surface area contributed by atoms with Gasteiger partial charge >= 0.3 is 6.18 Å². The van der Waals surface area contributed by atoms with E-state index in [9.17, 15) is 13.2 Å². The molecule has 164 valence electrons. The molecule has 0 atom stereocenters. The molecular formula is C23H24F4N4. The zero-order chi connectivity index (χ0) is 21.6. The van der Waals surface area contributed by atoms with E-state index in [1.165, 1.54) is 10.5 Å². The summed E-state index contributed by atoms with van der Waals surface area (Å²) in [5.41, 5.74) is -1.50. The second kappa shape index (κ2) is 7.58. The standard InChI is InChI=1S/C23H24F4N4/c24-22(18-4-2-1-3-5-18)9-12-30(13-10-22)15-17-8-11-31-19(14-16-6-7-16)28-29-21(31)20(17)23(25,26)27/h1-5,8,11,16H,6-7,9-10,12-15H2. The summed E-state index contributed by atoms with van der Waals surface area (Å²) in [7, 11) is 0. The second-order valence-corrected chi connectivity index (χ2v) is 8.78. The van der Waals surface area contributed by atoms with Gasteiger partial charge in [0.15, 0.2) is 5.65 Å². The minimum absolute atomic E-state index is 0.112. The molecule has 0 bridgehead atoms. The van der Waals surface area contributed by atoms with Crippen LogP contribution in [0.3, 0.4) is 0 Å². The molecule has 1 aliphatic carbocycles. The van der Waals surface area contributed by atoms with Gasteiger partial charge in [0, 0.05) is 32.3 Å². The maximum absolute atomic E-state index is 15.4. The molecule has 3 aromatic rings. The Morgan fingerprint density at radius 2 is 1.71 bits per heavy atom. The van der Waals surface area contributed by atoms with Crippen LogP contribution in [0.2, 0.25) is 0 Å². The molecule has 1 aliphatic heterocycles. The Hall–Kier alpha value is -2.48. The van der Waals surface area contributed by atoms with Crippen molar-refractivity contribution in [1.82, 2.24) is 19.5 Å². The van der Waals surface area contributed by atoms with Gasteiger partial charge < -0.3 is 0 Å². The molecule has 1 saturated heterocycles. The van der Waals surface area contributed by atoms with E-state index in [1.807, 2.05) is 23.1 Å². The van der Waals surface area contributed by atoms with E-state index in [0.717, 1.165) is 12.8 Å². The SMILES string of the molecule is FC(F)(F)c1c(CN2CCC(F)(c3ccccc3)CC2)ccn2c(CC3CC3)nnc12. The number of alkyl halides is 4. The van der Waals surface area contributed by atoms with Crippen molar-refractivity contribution < 1.29 is 17.6 Å². The first-order valence-corrected chi connectivity index (χ1v) is 10.7. The van der Waals surface area contributed by atoms with Gasteiger partial charge in [0.1, 0.15) is 17.1 Å². The van der Waals surface area contributed by atoms with Gasteiger partial charge in [0.2, 0.25) is 0 Å². The molecule has 1 saturated carbocycles. The van der Waals surface area contributed by atoms with Crippen LogP contribution >= 0.6 is 0 Å². The largest absolute Gasteiger partial charge is 0.420 e. The van der Waals surface area contributed by atoms with Crippen LogP contribution < -0.4 is 0 Å². The number of likely N-dealkylation sites (tertiary alicyclic amines) is 1. The summed E-state index contributed by atoms with van der Waals surface area (Å²) in [6, 6.07) is 10.5. The number of aromatic nitrogens is 3. The number of halogens is 4. The van der Waals surface area contributed by atoms with Crippen LogP contribution in [0.15, 0.2) is 42.6 Å². The van der Waals surface area contributed by atoms with Crippen LogP contribution in [0.4, 0.5) is 17.6 Å². The lowest BCUT2D eigenvalue weighted by Crippen LogP contribution is -2.40. The highest BCUT2D eigenvalue weighted by Crippen LogP contribution is 2.39. The molecule has 3 heterocycles. The normalized spacial score (nSPS) is 19.7. The molecule has 0 spiro atoms. The Kier molecular flexibility index (Phi) is 5.00. The highest BCUT2D eigenvalue weighted by atomic mass is 19.4. The van der Waals surface area contributed by atoms with Crippen LogP contribution in [-0.4, -0.2) is 32.6 Å². The molecular weight excluding hydrogens is 408 g/mol. The van der Waals surface area contributed by atoms with Gasteiger partial charge in [-0.1, -0.05) is 30.3 Å². The van der Waals surface area contributed by atoms with E-state index >= 15 is 4.39 Å². The lowest BCUT2D eigenvalue weighted by Gasteiger charge is -2.37. The van der Waals surface area contributed by atoms with Gasteiger partial charge in [-0.3, -0.25) is 9.30 Å². The topological polar surface area (TPSA) is 33.4 Å². The molecule has 0 radical (unpaired) electrons. The van der Waals surface area contributed by atoms with Gasteiger partial charge in [-0.15, -0.1) is 10.2 Å². The van der Waals surface area contributed by atoms with E-state index in [2.05, 4.69) is 10.2 Å². The monoisotopic (exact) mass is 432 g/mol. The van der Waals surface area contributed by atoms with E-state index < -0.39 is 17.4 Å². The van der Waals surface area contributed by atoms with Gasteiger partial charge in [-0.05, 0) is 48.8 Å². The Balaban J connectivity index is 1.38. The van der Waals surface area contributed by atoms with Crippen molar-refractivity contribution in [3.8, 4) is 0 Å². The van der Waals surface area contributed by atoms with Crippen LogP contribution in [-0.2, 0) is 24.8 Å². The first-order valence-electron chi connectivity index (χ1n) is 10.7. The summed E-state index contributed by atoms with van der Waals surface area (Å²) < 4.78 is 58.9. The average molecular weight is 432 g/mol. The zero-order valence-corrected chi connectivity index (χ0v) is 17.1. The smallest absolute Gasteiger partial charge is 0.299 e. The predicted molar refractivity (Wildman–Crippen MR) is 108 cm³/mol. The lowest BCUT2D eigenvalue weighted by molar-refractivity contribution is -0.137. The molecule has 2 aliphatic rings. The van der Waals surface area contributed by atoms with Crippen molar-refractivity contribution in [2.24, 2.45) is 5.92 Å². The fraction of sp³-hybridized carbons (Fsp3) is 0.478. The number of hydrogen-bond donors (Lipinski definition) is 0. The van der Waals surface area contributed by atoms with E-state index in [1.54, 1.807) is 18.3 Å². The summed E-state index contributed by atoms with van der Waals surface area (Å²) in [5.74, 6) is 1.08. The van der Waals surface area contributed by atoms with E-state index in [-0.39, 0.29) is 30.6 Å². The summed E-state index contributed by atoms with van der Waals surface area (Å²) in [6.45, 7) is 0.905. The summed E-state index contributed by atoms with van der Waals surface area (Å²) in [5, 5.41) is 7.94. The number of pyridine rings is 1. The molecule has 2 fully saturated rings. The second-order valence-electron chi connectivity index (χ2n) is 8.78. The van der Waals surface area contributed by atoms with Crippen molar-refractivity contribution in [3.63, 3.8) is 0 Å². The number of hydrogen-bond acceptors (Lipinski definition) is 3. The van der Waals surface area contributed by atoms with Gasteiger partial charge in [0.25, 0.3) is 0 Å². The number of fused-ring (bicyclic) bond motifs is 1. The Bertz CT molecular complexity index is 1060. The maximum atomic E-state index is 15.4. The molecule has 0 N–H and O–H groups in total. The number of piperidine rings is 1. The van der Waals surface area contributed by atoms with Crippen LogP contribution in [0.5, 0.6) is 0 Å². The van der Waals surface area contributed by atoms with Crippen LogP contribution in [0, 0.1) is 5.92 Å². The maximum Gasteiger partial charge on any atom is 0.420 e. The quantitative estimate of drug-likeness (QED) is 0.522. The van der Waals surface area contributed by atoms with Gasteiger partial charge in [-0.25, -0.2) is 4.39 Å². The highest BCUT2D eigenvalue weighted by Gasteiger charge is 2.40. The van der Waals surface area contributed by atoms with Gasteiger partial charge in [0.05, 0.1) is 0 Å². The molecule has 8 heteroatoms. The Morgan fingerprint density at radius 1 is 1.00 bits per heavy atom. The predicted octanol–water partition coefficient (Wildman–Crippen LogP) is 5.16. The van der Waals surface area contributed by atoms with Crippen LogP contribution in [0.25, 0.3) is 5.65 Å². The van der Waals surface area contributed by atoms with Crippen LogP contribution in [0.1, 0.15) is 48.2 Å². The van der Waals surface area contributed by atoms with E-state index in [0.29, 0.717) is 36.8 Å². The molecule has 0 unspecified atom stereocenters. The molecule has 5 rings (SSSR count). The summed E-state index contributed by atoms with van der Waals surface area (Å²) >= 11 is 0. The Labute approximate surface area is 177 Å². The fourth-order valence-electron chi connectivity index (χ4n) is 4.53. The third-order valence-electron chi connectivity index (χ3n) is 6.52. The first-order chi connectivity index (χ1) is 14.8. The Morgan fingerprint density at radius 3 is 2.35 bits per heavy atom. The molecule has 1 aromatic carbocycles. The fourth-order valence-corrected chi connectivity index (χ4v) is 4.53. The number of rotatable bonds is 5. The zero-order valence-electron chi connectivity index (χ0n) is 17.1. The third kappa shape index (κ3) is 4.05. The minimum atomic E-state index is -4.54. The van der Waals surface area contributed by atoms with Crippen molar-refractivity contribution in [3.05, 3.63) is 65.1 Å². The van der Waals surface area contributed by atoms with Crippen molar-refractivity contribution in [2.45, 2.75) is 50.5 Å². The molecule has 0 amide bonds. The summed E-state index contributed by atoms with van der Waals surface area (Å²) in [4.78, 5) is 1.89. The highest BCUT2D eigenvalue weighted by molar-refractivity contribution is 5.53. The lowest BCUT2D eigenvalue weighted by atomic mass is 9.86. The van der Waals surface area contributed by atoms with Gasteiger partial charge in [-0.2, -0.15) is 13.2 Å². The molecule has 31 heavy (non-hydrogen) atoms. The third-order valence-corrected chi connectivity index (χ3v) is 6.52. The van der Waals surface area contributed by atoms with Crippen molar-refractivity contribution >= 4 is 5.65 Å². The van der Waals surface area contributed by atoms with Crippen molar-refractivity contribution in [1.29, 1.82) is 0 Å². The summed E-state index contributed by atoms with van der Waals surface area (Å²) in [6.07, 6.45) is 0.465. The number of benzene rings is 1.